The summed E-state index contributed by atoms with van der Waals surface area (Å²) in [5.41, 5.74) is 7.43. The number of nitrogens with zero attached hydrogens (tertiary/aromatic N) is 1. The zero-order chi connectivity index (χ0) is 14.3. The van der Waals surface area contributed by atoms with Crippen LogP contribution in [0.1, 0.15) is 20.8 Å². The van der Waals surface area contributed by atoms with Crippen molar-refractivity contribution in [2.45, 2.75) is 32.1 Å². The molecule has 0 bridgehead atoms. The second kappa shape index (κ2) is 4.56. The topological polar surface area (TPSA) is 65.1 Å². The SMILES string of the molecule is CC(C)(C)S(=O)(=O)CCn1ccc2ccc(N)cc21. The van der Waals surface area contributed by atoms with Crippen LogP contribution in [0.5, 0.6) is 0 Å². The predicted molar refractivity (Wildman–Crippen MR) is 79.9 cm³/mol. The van der Waals surface area contributed by atoms with E-state index in [1.807, 2.05) is 35.0 Å². The summed E-state index contributed by atoms with van der Waals surface area (Å²) in [4.78, 5) is 0. The number of rotatable bonds is 3. The van der Waals surface area contributed by atoms with Crippen molar-refractivity contribution < 1.29 is 8.42 Å². The third-order valence-corrected chi connectivity index (χ3v) is 5.92. The van der Waals surface area contributed by atoms with Crippen molar-refractivity contribution in [2.24, 2.45) is 0 Å². The molecule has 4 nitrogen and oxygen atoms in total. The normalized spacial score (nSPS) is 13.0. The van der Waals surface area contributed by atoms with Crippen LogP contribution in [0, 0.1) is 0 Å². The van der Waals surface area contributed by atoms with Crippen LogP contribution in [-0.4, -0.2) is 23.5 Å². The second-order valence-electron chi connectivity index (χ2n) is 5.76. The van der Waals surface area contributed by atoms with Gasteiger partial charge in [-0.15, -0.1) is 0 Å². The van der Waals surface area contributed by atoms with Gasteiger partial charge in [-0.05, 0) is 44.4 Å². The number of hydrogen-bond donors (Lipinski definition) is 1. The number of fused-ring (bicyclic) bond motifs is 1. The number of aryl methyl sites for hydroxylation is 1. The summed E-state index contributed by atoms with van der Waals surface area (Å²) in [5.74, 6) is 0.134. The van der Waals surface area contributed by atoms with Gasteiger partial charge >= 0.3 is 0 Å². The smallest absolute Gasteiger partial charge is 0.156 e. The molecular weight excluding hydrogens is 260 g/mol. The fourth-order valence-corrected chi connectivity index (χ4v) is 2.97. The lowest BCUT2D eigenvalue weighted by molar-refractivity contribution is 0.555. The fourth-order valence-electron chi connectivity index (χ4n) is 1.92. The number of nitrogens with two attached hydrogens (primary N) is 1. The highest BCUT2D eigenvalue weighted by Crippen LogP contribution is 2.21. The summed E-state index contributed by atoms with van der Waals surface area (Å²) >= 11 is 0. The molecule has 0 atom stereocenters. The maximum absolute atomic E-state index is 12.1. The van der Waals surface area contributed by atoms with Gasteiger partial charge in [0.1, 0.15) is 0 Å². The van der Waals surface area contributed by atoms with Crippen molar-refractivity contribution in [3.63, 3.8) is 0 Å². The van der Waals surface area contributed by atoms with Gasteiger partial charge < -0.3 is 10.3 Å². The first kappa shape index (κ1) is 13.9. The molecule has 0 fully saturated rings. The highest BCUT2D eigenvalue weighted by atomic mass is 32.2. The summed E-state index contributed by atoms with van der Waals surface area (Å²) < 4.78 is 25.5. The van der Waals surface area contributed by atoms with E-state index >= 15 is 0 Å². The zero-order valence-electron chi connectivity index (χ0n) is 11.6. The van der Waals surface area contributed by atoms with Crippen molar-refractivity contribution in [3.8, 4) is 0 Å². The van der Waals surface area contributed by atoms with E-state index in [9.17, 15) is 8.42 Å². The van der Waals surface area contributed by atoms with E-state index in [2.05, 4.69) is 0 Å². The van der Waals surface area contributed by atoms with Gasteiger partial charge in [0.2, 0.25) is 0 Å². The summed E-state index contributed by atoms with van der Waals surface area (Å²) in [6.07, 6.45) is 1.91. The number of hydrogen-bond acceptors (Lipinski definition) is 3. The molecule has 1 aromatic heterocycles. The third-order valence-electron chi connectivity index (χ3n) is 3.33. The number of nitrogen functional groups attached to an aromatic ring is 1. The summed E-state index contributed by atoms with van der Waals surface area (Å²) in [6.45, 7) is 5.64. The molecule has 1 aromatic carbocycles. The second-order valence-corrected chi connectivity index (χ2v) is 8.62. The maximum atomic E-state index is 12.1. The van der Waals surface area contributed by atoms with E-state index in [0.29, 0.717) is 12.2 Å². The lowest BCUT2D eigenvalue weighted by Gasteiger charge is -2.19. The minimum absolute atomic E-state index is 0.134. The Morgan fingerprint density at radius 2 is 1.89 bits per heavy atom. The number of aromatic nitrogens is 1. The van der Waals surface area contributed by atoms with Crippen LogP contribution < -0.4 is 5.73 Å². The van der Waals surface area contributed by atoms with Gasteiger partial charge in [0.05, 0.1) is 16.0 Å². The minimum atomic E-state index is -3.10. The first-order valence-electron chi connectivity index (χ1n) is 6.27. The van der Waals surface area contributed by atoms with Gasteiger partial charge in [-0.25, -0.2) is 8.42 Å². The Bertz CT molecular complexity index is 694. The van der Waals surface area contributed by atoms with Crippen LogP contribution in [0.4, 0.5) is 5.69 Å². The molecule has 104 valence electrons. The highest BCUT2D eigenvalue weighted by molar-refractivity contribution is 7.92. The van der Waals surface area contributed by atoms with E-state index in [4.69, 9.17) is 5.73 Å². The van der Waals surface area contributed by atoms with E-state index in [-0.39, 0.29) is 5.75 Å². The molecule has 0 aliphatic carbocycles. The Kier molecular flexibility index (Phi) is 3.34. The average molecular weight is 280 g/mol. The molecule has 0 aliphatic rings. The Morgan fingerprint density at radius 1 is 1.21 bits per heavy atom. The van der Waals surface area contributed by atoms with Crippen LogP contribution in [-0.2, 0) is 16.4 Å². The molecule has 19 heavy (non-hydrogen) atoms. The molecule has 2 rings (SSSR count). The van der Waals surface area contributed by atoms with Crippen molar-refractivity contribution >= 4 is 26.4 Å². The molecule has 0 aliphatic heterocycles. The first-order valence-corrected chi connectivity index (χ1v) is 7.93. The van der Waals surface area contributed by atoms with Crippen LogP contribution in [0.3, 0.4) is 0 Å². The van der Waals surface area contributed by atoms with E-state index in [1.54, 1.807) is 20.8 Å². The van der Waals surface area contributed by atoms with Gasteiger partial charge in [0, 0.05) is 18.4 Å². The molecule has 2 aromatic rings. The summed E-state index contributed by atoms with van der Waals surface area (Å²) in [5, 5.41) is 1.07. The third kappa shape index (κ3) is 2.76. The fraction of sp³-hybridized carbons (Fsp3) is 0.429. The van der Waals surface area contributed by atoms with Crippen molar-refractivity contribution in [1.29, 1.82) is 0 Å². The molecular formula is C14H20N2O2S. The molecule has 1 heterocycles. The van der Waals surface area contributed by atoms with Crippen LogP contribution in [0.15, 0.2) is 30.5 Å². The highest BCUT2D eigenvalue weighted by Gasteiger charge is 2.28. The number of benzene rings is 1. The van der Waals surface area contributed by atoms with Crippen molar-refractivity contribution in [1.82, 2.24) is 4.57 Å². The predicted octanol–water partition coefficient (Wildman–Crippen LogP) is 2.44. The van der Waals surface area contributed by atoms with Crippen LogP contribution in [0.2, 0.25) is 0 Å². The monoisotopic (exact) mass is 280 g/mol. The molecule has 2 N–H and O–H groups in total. The van der Waals surface area contributed by atoms with Gasteiger partial charge in [0.25, 0.3) is 0 Å². The molecule has 0 unspecified atom stereocenters. The summed E-state index contributed by atoms with van der Waals surface area (Å²) in [7, 11) is -3.10. The largest absolute Gasteiger partial charge is 0.399 e. The number of anilines is 1. The molecule has 5 heteroatoms. The van der Waals surface area contributed by atoms with E-state index < -0.39 is 14.6 Å². The lowest BCUT2D eigenvalue weighted by Crippen LogP contribution is -2.31. The standard InChI is InChI=1S/C14H20N2O2S/c1-14(2,3)19(17,18)9-8-16-7-6-11-4-5-12(15)10-13(11)16/h4-7,10H,8-9,15H2,1-3H3. The molecule has 0 saturated carbocycles. The lowest BCUT2D eigenvalue weighted by atomic mass is 10.2. The Balaban J connectivity index is 2.26. The minimum Gasteiger partial charge on any atom is -0.399 e. The van der Waals surface area contributed by atoms with Gasteiger partial charge in [-0.1, -0.05) is 6.07 Å². The molecule has 0 saturated heterocycles. The summed E-state index contributed by atoms with van der Waals surface area (Å²) in [6, 6.07) is 7.63. The maximum Gasteiger partial charge on any atom is 0.156 e. The Morgan fingerprint density at radius 3 is 2.53 bits per heavy atom. The van der Waals surface area contributed by atoms with E-state index in [0.717, 1.165) is 10.9 Å². The molecule has 0 amide bonds. The van der Waals surface area contributed by atoms with Crippen LogP contribution in [0.25, 0.3) is 10.9 Å². The van der Waals surface area contributed by atoms with Gasteiger partial charge in [0.15, 0.2) is 9.84 Å². The first-order chi connectivity index (χ1) is 8.71. The van der Waals surface area contributed by atoms with Gasteiger partial charge in [-0.3, -0.25) is 0 Å². The molecule has 0 radical (unpaired) electrons. The van der Waals surface area contributed by atoms with Gasteiger partial charge in [-0.2, -0.15) is 0 Å². The Hall–Kier alpha value is -1.49. The average Bonchev–Trinajstić information content (AvgIpc) is 2.67. The quantitative estimate of drug-likeness (QED) is 0.878. The molecule has 0 spiro atoms. The number of sulfone groups is 1. The van der Waals surface area contributed by atoms with Crippen molar-refractivity contribution in [3.05, 3.63) is 30.5 Å². The zero-order valence-corrected chi connectivity index (χ0v) is 12.4. The van der Waals surface area contributed by atoms with Crippen LogP contribution >= 0.6 is 0 Å². The Labute approximate surface area is 114 Å². The van der Waals surface area contributed by atoms with E-state index in [1.165, 1.54) is 0 Å². The van der Waals surface area contributed by atoms with Crippen molar-refractivity contribution in [2.75, 3.05) is 11.5 Å².